The summed E-state index contributed by atoms with van der Waals surface area (Å²) in [5.74, 6) is 0.559. The van der Waals surface area contributed by atoms with Gasteiger partial charge in [0.05, 0.1) is 18.5 Å². The Morgan fingerprint density at radius 2 is 2.09 bits per heavy atom. The second kappa shape index (κ2) is 7.11. The highest BCUT2D eigenvalue weighted by Crippen LogP contribution is 2.20. The summed E-state index contributed by atoms with van der Waals surface area (Å²) < 4.78 is 10.9. The van der Waals surface area contributed by atoms with Crippen molar-refractivity contribution in [2.45, 2.75) is 45.4 Å². The first-order chi connectivity index (χ1) is 10.4. The van der Waals surface area contributed by atoms with Gasteiger partial charge in [-0.05, 0) is 45.9 Å². The van der Waals surface area contributed by atoms with Crippen molar-refractivity contribution in [1.29, 1.82) is 0 Å². The Balaban J connectivity index is 1.85. The highest BCUT2D eigenvalue weighted by molar-refractivity contribution is 5.91. The number of hydrogen-bond acceptors (Lipinski definition) is 4. The Bertz CT molecular complexity index is 498. The van der Waals surface area contributed by atoms with Crippen molar-refractivity contribution in [3.05, 3.63) is 30.2 Å². The van der Waals surface area contributed by atoms with E-state index in [1.807, 2.05) is 6.07 Å². The van der Waals surface area contributed by atoms with Crippen LogP contribution in [0, 0.1) is 0 Å². The normalized spacial score (nSPS) is 23.8. The maximum absolute atomic E-state index is 11.9. The number of nitrogens with one attached hydrogen (secondary N) is 1. The third-order valence-corrected chi connectivity index (χ3v) is 3.91. The average Bonchev–Trinajstić information content (AvgIpc) is 2.95. The number of hydrogen-bond donors (Lipinski definition) is 1. The van der Waals surface area contributed by atoms with Crippen LogP contribution in [0.1, 0.15) is 33.5 Å². The number of furan rings is 1. The fourth-order valence-corrected chi connectivity index (χ4v) is 2.69. The predicted octanol–water partition coefficient (Wildman–Crippen LogP) is 2.30. The highest BCUT2D eigenvalue weighted by atomic mass is 16.5. The van der Waals surface area contributed by atoms with E-state index in [-0.39, 0.29) is 23.7 Å². The van der Waals surface area contributed by atoms with Crippen LogP contribution < -0.4 is 5.32 Å². The second-order valence-electron chi connectivity index (χ2n) is 6.54. The molecule has 1 aromatic heterocycles. The van der Waals surface area contributed by atoms with Crippen LogP contribution >= 0.6 is 0 Å². The monoisotopic (exact) mass is 306 g/mol. The van der Waals surface area contributed by atoms with E-state index in [0.29, 0.717) is 12.3 Å². The maximum atomic E-state index is 11.9. The molecule has 0 bridgehead atoms. The summed E-state index contributed by atoms with van der Waals surface area (Å²) in [7, 11) is 0. The molecular weight excluding hydrogens is 280 g/mol. The zero-order chi connectivity index (χ0) is 16.2. The van der Waals surface area contributed by atoms with E-state index in [9.17, 15) is 4.79 Å². The molecule has 0 radical (unpaired) electrons. The van der Waals surface area contributed by atoms with E-state index in [1.165, 1.54) is 6.08 Å². The number of ether oxygens (including phenoxy) is 1. The minimum absolute atomic E-state index is 0.111. The Labute approximate surface area is 132 Å². The standard InChI is InChI=1S/C17H26N2O3/c1-13-10-19(11-14(2)22-13)17(3,4)12-18-16(20)8-7-15-6-5-9-21-15/h5-9,13-14H,10-12H2,1-4H3,(H,18,20). The van der Waals surface area contributed by atoms with E-state index in [0.717, 1.165) is 13.1 Å². The first-order valence-corrected chi connectivity index (χ1v) is 7.77. The quantitative estimate of drug-likeness (QED) is 0.848. The van der Waals surface area contributed by atoms with E-state index >= 15 is 0 Å². The molecule has 1 aliphatic rings. The van der Waals surface area contributed by atoms with Crippen LogP contribution in [0.4, 0.5) is 0 Å². The number of morpholine rings is 1. The summed E-state index contributed by atoms with van der Waals surface area (Å²) in [5, 5.41) is 2.96. The van der Waals surface area contributed by atoms with Crippen LogP contribution in [-0.4, -0.2) is 48.2 Å². The summed E-state index contributed by atoms with van der Waals surface area (Å²) in [6, 6.07) is 3.60. The molecule has 2 unspecified atom stereocenters. The van der Waals surface area contributed by atoms with Crippen molar-refractivity contribution in [1.82, 2.24) is 10.2 Å². The molecular formula is C17H26N2O3. The lowest BCUT2D eigenvalue weighted by molar-refractivity contribution is -0.118. The SMILES string of the molecule is CC1CN(C(C)(C)CNC(=O)C=Cc2ccco2)CC(C)O1. The number of carbonyl (C=O) groups excluding carboxylic acids is 1. The van der Waals surface area contributed by atoms with Gasteiger partial charge in [0, 0.05) is 31.2 Å². The van der Waals surface area contributed by atoms with Crippen LogP contribution in [0.25, 0.3) is 6.08 Å². The Hall–Kier alpha value is -1.59. The molecule has 5 heteroatoms. The van der Waals surface area contributed by atoms with Gasteiger partial charge < -0.3 is 14.5 Å². The zero-order valence-electron chi connectivity index (χ0n) is 13.8. The molecule has 1 fully saturated rings. The van der Waals surface area contributed by atoms with Gasteiger partial charge in [-0.3, -0.25) is 9.69 Å². The predicted molar refractivity (Wildman–Crippen MR) is 86.4 cm³/mol. The lowest BCUT2D eigenvalue weighted by Gasteiger charge is -2.45. The van der Waals surface area contributed by atoms with Crippen LogP contribution in [0.15, 0.2) is 28.9 Å². The molecule has 22 heavy (non-hydrogen) atoms. The molecule has 1 amide bonds. The first-order valence-electron chi connectivity index (χ1n) is 7.77. The Morgan fingerprint density at radius 3 is 2.68 bits per heavy atom. The average molecular weight is 306 g/mol. The van der Waals surface area contributed by atoms with Crippen LogP contribution in [0.2, 0.25) is 0 Å². The number of carbonyl (C=O) groups is 1. The molecule has 2 heterocycles. The van der Waals surface area contributed by atoms with E-state index in [2.05, 4.69) is 37.9 Å². The van der Waals surface area contributed by atoms with Gasteiger partial charge in [-0.1, -0.05) is 0 Å². The van der Waals surface area contributed by atoms with Crippen molar-refractivity contribution in [2.24, 2.45) is 0 Å². The van der Waals surface area contributed by atoms with E-state index < -0.39 is 0 Å². The van der Waals surface area contributed by atoms with Crippen molar-refractivity contribution in [3.8, 4) is 0 Å². The zero-order valence-corrected chi connectivity index (χ0v) is 13.8. The van der Waals surface area contributed by atoms with Gasteiger partial charge in [0.15, 0.2) is 0 Å². The molecule has 1 aliphatic heterocycles. The van der Waals surface area contributed by atoms with Crippen LogP contribution in [-0.2, 0) is 9.53 Å². The van der Waals surface area contributed by atoms with Gasteiger partial charge in [0.1, 0.15) is 5.76 Å². The maximum Gasteiger partial charge on any atom is 0.244 e. The van der Waals surface area contributed by atoms with Crippen LogP contribution in [0.3, 0.4) is 0 Å². The molecule has 0 aliphatic carbocycles. The lowest BCUT2D eigenvalue weighted by Crippen LogP contribution is -2.58. The Morgan fingerprint density at radius 1 is 1.41 bits per heavy atom. The minimum Gasteiger partial charge on any atom is -0.465 e. The van der Waals surface area contributed by atoms with Crippen molar-refractivity contribution < 1.29 is 13.9 Å². The number of rotatable bonds is 5. The summed E-state index contributed by atoms with van der Waals surface area (Å²) >= 11 is 0. The fourth-order valence-electron chi connectivity index (χ4n) is 2.69. The molecule has 5 nitrogen and oxygen atoms in total. The lowest BCUT2D eigenvalue weighted by atomic mass is 10.00. The number of amides is 1. The van der Waals surface area contributed by atoms with E-state index in [4.69, 9.17) is 9.15 Å². The third-order valence-electron chi connectivity index (χ3n) is 3.91. The summed E-state index contributed by atoms with van der Waals surface area (Å²) in [4.78, 5) is 14.3. The number of nitrogens with zero attached hydrogens (tertiary/aromatic N) is 1. The topological polar surface area (TPSA) is 54.7 Å². The first kappa shape index (κ1) is 16.8. The van der Waals surface area contributed by atoms with Gasteiger partial charge in [0.2, 0.25) is 5.91 Å². The smallest absolute Gasteiger partial charge is 0.244 e. The summed E-state index contributed by atoms with van der Waals surface area (Å²) in [6.45, 7) is 10.8. The van der Waals surface area contributed by atoms with Gasteiger partial charge in [-0.15, -0.1) is 0 Å². The van der Waals surface area contributed by atoms with Gasteiger partial charge in [0.25, 0.3) is 0 Å². The molecule has 2 rings (SSSR count). The highest BCUT2D eigenvalue weighted by Gasteiger charge is 2.33. The molecule has 2 atom stereocenters. The molecule has 0 spiro atoms. The molecule has 0 aromatic carbocycles. The van der Waals surface area contributed by atoms with Crippen molar-refractivity contribution >= 4 is 12.0 Å². The Kier molecular flexibility index (Phi) is 5.42. The minimum atomic E-state index is -0.112. The molecule has 1 aromatic rings. The van der Waals surface area contributed by atoms with Gasteiger partial charge in [-0.25, -0.2) is 0 Å². The molecule has 122 valence electrons. The molecule has 1 N–H and O–H groups in total. The van der Waals surface area contributed by atoms with Crippen molar-refractivity contribution in [2.75, 3.05) is 19.6 Å². The van der Waals surface area contributed by atoms with Crippen molar-refractivity contribution in [3.63, 3.8) is 0 Å². The third kappa shape index (κ3) is 4.71. The largest absolute Gasteiger partial charge is 0.465 e. The van der Waals surface area contributed by atoms with Gasteiger partial charge in [-0.2, -0.15) is 0 Å². The van der Waals surface area contributed by atoms with E-state index in [1.54, 1.807) is 18.4 Å². The summed E-state index contributed by atoms with van der Waals surface area (Å²) in [5.41, 5.74) is -0.111. The molecule has 0 saturated carbocycles. The van der Waals surface area contributed by atoms with Gasteiger partial charge >= 0.3 is 0 Å². The van der Waals surface area contributed by atoms with Crippen LogP contribution in [0.5, 0.6) is 0 Å². The fraction of sp³-hybridized carbons (Fsp3) is 0.588. The molecule has 1 saturated heterocycles. The second-order valence-corrected chi connectivity index (χ2v) is 6.54. The summed E-state index contributed by atoms with van der Waals surface area (Å²) in [6.07, 6.45) is 5.19.